The monoisotopic (exact) mass is 821 g/mol. The van der Waals surface area contributed by atoms with Gasteiger partial charge in [-0.05, 0) is 47.5 Å². The van der Waals surface area contributed by atoms with Crippen LogP contribution in [-0.2, 0) is 0 Å². The van der Waals surface area contributed by atoms with E-state index in [4.69, 9.17) is 23.8 Å². The Morgan fingerprint density at radius 1 is 0.484 bits per heavy atom. The summed E-state index contributed by atoms with van der Waals surface area (Å²) in [5, 5.41) is 7.37. The lowest BCUT2D eigenvalue weighted by Gasteiger charge is -2.15. The Kier molecular flexibility index (Phi) is 7.77. The molecule has 0 bridgehead atoms. The van der Waals surface area contributed by atoms with Crippen molar-refractivity contribution in [2.75, 3.05) is 0 Å². The molecule has 5 heterocycles. The van der Waals surface area contributed by atoms with E-state index in [9.17, 15) is 0 Å². The molecule has 7 nitrogen and oxygen atoms in total. The average molecular weight is 822 g/mol. The van der Waals surface area contributed by atoms with E-state index in [1.165, 1.54) is 0 Å². The predicted octanol–water partition coefficient (Wildman–Crippen LogP) is 14.7. The van der Waals surface area contributed by atoms with Gasteiger partial charge >= 0.3 is 0 Å². The molecule has 13 aromatic rings. The van der Waals surface area contributed by atoms with E-state index in [0.29, 0.717) is 28.9 Å². The molecule has 0 aliphatic carbocycles. The van der Waals surface area contributed by atoms with E-state index in [-0.39, 0.29) is 0 Å². The van der Waals surface area contributed by atoms with Crippen molar-refractivity contribution < 1.29 is 8.83 Å². The Morgan fingerprint density at radius 3 is 1.73 bits per heavy atom. The second-order valence-electron chi connectivity index (χ2n) is 16.0. The van der Waals surface area contributed by atoms with Crippen LogP contribution < -0.4 is 0 Å². The second-order valence-corrected chi connectivity index (χ2v) is 16.0. The van der Waals surface area contributed by atoms with Gasteiger partial charge in [-0.1, -0.05) is 165 Å². The Balaban J connectivity index is 1.16. The van der Waals surface area contributed by atoms with Crippen LogP contribution in [-0.4, -0.2) is 24.1 Å². The minimum absolute atomic E-state index is 0.428. The van der Waals surface area contributed by atoms with Gasteiger partial charge in [-0.2, -0.15) is 9.97 Å². The molecule has 8 aromatic carbocycles. The first-order chi connectivity index (χ1) is 31.6. The highest BCUT2D eigenvalue weighted by Gasteiger charge is 2.27. The van der Waals surface area contributed by atoms with Crippen molar-refractivity contribution >= 4 is 88.2 Å². The molecular weight excluding hydrogens is 787 g/mol. The molecule has 0 aliphatic rings. The van der Waals surface area contributed by atoms with Crippen molar-refractivity contribution in [3.63, 3.8) is 0 Å². The van der Waals surface area contributed by atoms with Crippen molar-refractivity contribution in [2.24, 2.45) is 0 Å². The van der Waals surface area contributed by atoms with Crippen LogP contribution in [0.3, 0.4) is 0 Å². The molecule has 300 valence electrons. The van der Waals surface area contributed by atoms with Crippen LogP contribution in [0.5, 0.6) is 0 Å². The van der Waals surface area contributed by atoms with Gasteiger partial charge in [-0.15, -0.1) is 0 Å². The minimum atomic E-state index is 0.428. The lowest BCUT2D eigenvalue weighted by molar-refractivity contribution is 0.603. The van der Waals surface area contributed by atoms with Crippen LogP contribution >= 0.6 is 0 Å². The molecule has 0 radical (unpaired) electrons. The Labute approximate surface area is 366 Å². The molecule has 0 N–H and O–H groups in total. The molecule has 0 aliphatic heterocycles. The lowest BCUT2D eigenvalue weighted by atomic mass is 9.98. The average Bonchev–Trinajstić information content (AvgIpc) is 4.12. The van der Waals surface area contributed by atoms with Crippen molar-refractivity contribution in [3.8, 4) is 34.2 Å². The van der Waals surface area contributed by atoms with Gasteiger partial charge in [0, 0.05) is 54.4 Å². The molecule has 5 aromatic heterocycles. The number of fused-ring (bicyclic) bond motifs is 11. The fourth-order valence-electron chi connectivity index (χ4n) is 9.75. The number of hydrogen-bond acceptors (Lipinski definition) is 5. The number of para-hydroxylation sites is 4. The summed E-state index contributed by atoms with van der Waals surface area (Å²) in [6.07, 6.45) is 1.72. The molecule has 7 heteroatoms. The van der Waals surface area contributed by atoms with E-state index in [1.54, 1.807) is 6.08 Å². The van der Waals surface area contributed by atoms with Crippen LogP contribution in [0.2, 0.25) is 0 Å². The van der Waals surface area contributed by atoms with Crippen LogP contribution in [0.15, 0.2) is 204 Å². The maximum Gasteiger partial charge on any atom is 0.238 e. The predicted molar refractivity (Wildman–Crippen MR) is 261 cm³/mol. The second kappa shape index (κ2) is 13.9. The Hall–Kier alpha value is -8.81. The molecule has 0 fully saturated rings. The lowest BCUT2D eigenvalue weighted by Crippen LogP contribution is -2.09. The number of aromatic nitrogens is 5. The summed E-state index contributed by atoms with van der Waals surface area (Å²) < 4.78 is 17.8. The summed E-state index contributed by atoms with van der Waals surface area (Å²) in [7, 11) is 0. The van der Waals surface area contributed by atoms with Gasteiger partial charge < -0.3 is 13.4 Å². The molecule has 64 heavy (non-hydrogen) atoms. The number of hydrogen-bond donors (Lipinski definition) is 0. The van der Waals surface area contributed by atoms with Gasteiger partial charge in [-0.25, -0.2) is 4.98 Å². The normalized spacial score (nSPS) is 11.9. The first-order valence-corrected chi connectivity index (χ1v) is 21.3. The van der Waals surface area contributed by atoms with E-state index >= 15 is 0 Å². The Bertz CT molecular complexity index is 4060. The summed E-state index contributed by atoms with van der Waals surface area (Å²) >= 11 is 0. The highest BCUT2D eigenvalue weighted by molar-refractivity contribution is 6.25. The fourth-order valence-corrected chi connectivity index (χ4v) is 9.75. The summed E-state index contributed by atoms with van der Waals surface area (Å²) in [4.78, 5) is 15.8. The Morgan fingerprint density at radius 2 is 1.05 bits per heavy atom. The third-order valence-corrected chi connectivity index (χ3v) is 12.5. The number of rotatable bonds is 7. The molecule has 0 saturated heterocycles. The van der Waals surface area contributed by atoms with Crippen LogP contribution in [0.1, 0.15) is 17.1 Å². The van der Waals surface area contributed by atoms with Crippen LogP contribution in [0.4, 0.5) is 0 Å². The topological polar surface area (TPSA) is 74.8 Å². The molecule has 0 unspecified atom stereocenters. The first kappa shape index (κ1) is 35.9. The smallest absolute Gasteiger partial charge is 0.238 e. The molecule has 13 rings (SSSR count). The van der Waals surface area contributed by atoms with E-state index in [0.717, 1.165) is 104 Å². The summed E-state index contributed by atoms with van der Waals surface area (Å²) in [6.45, 7) is 8.72. The van der Waals surface area contributed by atoms with Crippen molar-refractivity contribution in [3.05, 3.63) is 212 Å². The van der Waals surface area contributed by atoms with E-state index < -0.39 is 0 Å². The SMILES string of the molecule is C=Cc1oc2ccccc2c1C(=C)c1nc(-c2ccccc2)nc(-n2c3ccccc3c3ccc4c5ccccc5n(-c5ccc(-c6ccccc6)c6c5oc5ccccc56)c4c32)n1. The summed E-state index contributed by atoms with van der Waals surface area (Å²) in [5.41, 5.74) is 11.7. The zero-order chi connectivity index (χ0) is 42.5. The molecular formula is C57H35N5O2. The molecule has 0 atom stereocenters. The number of nitrogens with zero attached hydrogens (tertiary/aromatic N) is 5. The summed E-state index contributed by atoms with van der Waals surface area (Å²) in [6, 6.07) is 62.8. The van der Waals surface area contributed by atoms with Gasteiger partial charge in [0.1, 0.15) is 16.9 Å². The molecule has 0 saturated carbocycles. The van der Waals surface area contributed by atoms with Gasteiger partial charge in [0.2, 0.25) is 5.95 Å². The minimum Gasteiger partial charge on any atom is -0.456 e. The van der Waals surface area contributed by atoms with E-state index in [1.807, 2.05) is 60.7 Å². The van der Waals surface area contributed by atoms with Crippen LogP contribution in [0.25, 0.3) is 122 Å². The van der Waals surface area contributed by atoms with Gasteiger partial charge in [0.15, 0.2) is 17.2 Å². The molecule has 0 amide bonds. The standard InChI is InChI=1S/C57H35N5O2/c1-3-47-50(42-24-12-16-28-48(42)63-47)34(2)55-58-56(36-20-8-5-9-21-36)60-57(59-55)62-45-27-15-11-23-39(45)41-31-30-40-38-22-10-14-26-44(38)61(52(40)53(41)62)46-33-32-37(35-18-6-4-7-19-35)51-43-25-13-17-29-49(43)64-54(46)51/h3-33H,1-2H2. The van der Waals surface area contributed by atoms with Crippen molar-refractivity contribution in [1.29, 1.82) is 0 Å². The third-order valence-electron chi connectivity index (χ3n) is 12.5. The third kappa shape index (κ3) is 5.18. The number of benzene rings is 8. The largest absolute Gasteiger partial charge is 0.456 e. The van der Waals surface area contributed by atoms with Crippen molar-refractivity contribution in [1.82, 2.24) is 24.1 Å². The highest BCUT2D eigenvalue weighted by Crippen LogP contribution is 2.46. The maximum absolute atomic E-state index is 6.96. The van der Waals surface area contributed by atoms with Crippen molar-refractivity contribution in [2.45, 2.75) is 0 Å². The van der Waals surface area contributed by atoms with Crippen LogP contribution in [0, 0.1) is 0 Å². The quantitative estimate of drug-likeness (QED) is 0.160. The van der Waals surface area contributed by atoms with Gasteiger partial charge in [0.25, 0.3) is 0 Å². The van der Waals surface area contributed by atoms with Gasteiger partial charge in [-0.3, -0.25) is 4.57 Å². The maximum atomic E-state index is 6.96. The fraction of sp³-hybridized carbons (Fsp3) is 0. The zero-order valence-electron chi connectivity index (χ0n) is 34.4. The van der Waals surface area contributed by atoms with Gasteiger partial charge in [0.05, 0.1) is 27.8 Å². The first-order valence-electron chi connectivity index (χ1n) is 21.3. The summed E-state index contributed by atoms with van der Waals surface area (Å²) in [5.74, 6) is 2.01. The van der Waals surface area contributed by atoms with E-state index in [2.05, 4.69) is 144 Å². The number of furan rings is 2. The zero-order valence-corrected chi connectivity index (χ0v) is 34.4. The molecule has 0 spiro atoms. The highest BCUT2D eigenvalue weighted by atomic mass is 16.3.